The second-order valence-corrected chi connectivity index (χ2v) is 9.66. The van der Waals surface area contributed by atoms with Gasteiger partial charge in [-0.2, -0.15) is 5.06 Å². The Labute approximate surface area is 229 Å². The summed E-state index contributed by atoms with van der Waals surface area (Å²) >= 11 is 0. The maximum atomic E-state index is 13.7. The van der Waals surface area contributed by atoms with Crippen molar-refractivity contribution in [3.05, 3.63) is 83.9 Å². The van der Waals surface area contributed by atoms with Gasteiger partial charge in [0.25, 0.3) is 5.91 Å². The molecule has 2 heterocycles. The fraction of sp³-hybridized carbons (Fsp3) is 0.355. The van der Waals surface area contributed by atoms with Gasteiger partial charge in [-0.1, -0.05) is 49.7 Å². The van der Waals surface area contributed by atoms with E-state index < -0.39 is 18.1 Å². The highest BCUT2D eigenvalue weighted by Gasteiger charge is 2.59. The Bertz CT molecular complexity index is 1300. The van der Waals surface area contributed by atoms with Crippen LogP contribution < -0.4 is 19.1 Å². The lowest BCUT2D eigenvalue weighted by atomic mass is 9.91. The van der Waals surface area contributed by atoms with Crippen molar-refractivity contribution in [2.75, 3.05) is 25.2 Å². The summed E-state index contributed by atoms with van der Waals surface area (Å²) in [6, 6.07) is 22.1. The van der Waals surface area contributed by atoms with Gasteiger partial charge in [0, 0.05) is 7.05 Å². The quantitative estimate of drug-likeness (QED) is 0.245. The number of anilines is 1. The minimum atomic E-state index is -0.891. The highest BCUT2D eigenvalue weighted by molar-refractivity contribution is 6.23. The lowest BCUT2D eigenvalue weighted by Gasteiger charge is -2.25. The molecule has 0 radical (unpaired) electrons. The van der Waals surface area contributed by atoms with Crippen LogP contribution in [0.1, 0.15) is 43.9 Å². The molecule has 0 unspecified atom stereocenters. The summed E-state index contributed by atoms with van der Waals surface area (Å²) in [4.78, 5) is 34.2. The van der Waals surface area contributed by atoms with E-state index in [1.807, 2.05) is 55.5 Å². The highest BCUT2D eigenvalue weighted by Crippen LogP contribution is 2.46. The largest absolute Gasteiger partial charge is 0.494 e. The second-order valence-electron chi connectivity index (χ2n) is 9.66. The SMILES string of the molecule is CCCCOc1ccc(N2C(=O)[C@H]3[C@@H](ON(C)[C@H]3c3ccc(OCc4ccccc4)c(OCC)c3)C2=O)cc1. The third-order valence-corrected chi connectivity index (χ3v) is 7.02. The molecule has 2 saturated heterocycles. The Morgan fingerprint density at radius 3 is 2.33 bits per heavy atom. The minimum absolute atomic E-state index is 0.290. The number of hydrogen-bond acceptors (Lipinski definition) is 7. The van der Waals surface area contributed by atoms with Crippen molar-refractivity contribution in [1.29, 1.82) is 0 Å². The van der Waals surface area contributed by atoms with Crippen molar-refractivity contribution in [2.45, 2.75) is 45.4 Å². The van der Waals surface area contributed by atoms with Crippen LogP contribution in [0.4, 0.5) is 5.69 Å². The summed E-state index contributed by atoms with van der Waals surface area (Å²) in [6.45, 7) is 5.50. The molecule has 3 aromatic carbocycles. The van der Waals surface area contributed by atoms with Crippen molar-refractivity contribution in [1.82, 2.24) is 5.06 Å². The Hall–Kier alpha value is -3.88. The molecule has 0 spiro atoms. The van der Waals surface area contributed by atoms with Gasteiger partial charge in [0.1, 0.15) is 12.4 Å². The molecule has 0 aromatic heterocycles. The fourth-order valence-electron chi connectivity index (χ4n) is 5.08. The molecule has 0 N–H and O–H groups in total. The zero-order chi connectivity index (χ0) is 27.4. The van der Waals surface area contributed by atoms with Gasteiger partial charge >= 0.3 is 0 Å². The molecule has 3 atom stereocenters. The zero-order valence-electron chi connectivity index (χ0n) is 22.5. The number of fused-ring (bicyclic) bond motifs is 1. The van der Waals surface area contributed by atoms with Crippen molar-refractivity contribution < 1.29 is 28.6 Å². The van der Waals surface area contributed by atoms with Crippen molar-refractivity contribution >= 4 is 17.5 Å². The second kappa shape index (κ2) is 11.9. The molecule has 2 aliphatic heterocycles. The summed E-state index contributed by atoms with van der Waals surface area (Å²) < 4.78 is 17.7. The van der Waals surface area contributed by atoms with Gasteiger partial charge < -0.3 is 14.2 Å². The summed E-state index contributed by atoms with van der Waals surface area (Å²) in [7, 11) is 1.75. The van der Waals surface area contributed by atoms with E-state index in [2.05, 4.69) is 6.92 Å². The number of hydroxylamine groups is 2. The van der Waals surface area contributed by atoms with Crippen molar-refractivity contribution in [3.63, 3.8) is 0 Å². The first-order valence-electron chi connectivity index (χ1n) is 13.5. The zero-order valence-corrected chi connectivity index (χ0v) is 22.5. The van der Waals surface area contributed by atoms with E-state index in [0.717, 1.165) is 24.0 Å². The van der Waals surface area contributed by atoms with Gasteiger partial charge in [-0.3, -0.25) is 14.4 Å². The first-order valence-corrected chi connectivity index (χ1v) is 13.5. The fourth-order valence-corrected chi connectivity index (χ4v) is 5.08. The van der Waals surface area contributed by atoms with Crippen LogP contribution in [0.2, 0.25) is 0 Å². The molecular formula is C31H34N2O6. The molecule has 0 saturated carbocycles. The molecule has 2 fully saturated rings. The third-order valence-electron chi connectivity index (χ3n) is 7.02. The molecule has 0 bridgehead atoms. The van der Waals surface area contributed by atoms with E-state index in [0.29, 0.717) is 42.8 Å². The Kier molecular flexibility index (Phi) is 8.14. The Morgan fingerprint density at radius 2 is 1.62 bits per heavy atom. The van der Waals surface area contributed by atoms with Crippen LogP contribution in [-0.2, 0) is 21.0 Å². The van der Waals surface area contributed by atoms with E-state index >= 15 is 0 Å². The lowest BCUT2D eigenvalue weighted by Crippen LogP contribution is -2.36. The average Bonchev–Trinajstić information content (AvgIpc) is 3.42. The number of ether oxygens (including phenoxy) is 3. The number of carbonyl (C=O) groups excluding carboxylic acids is 2. The highest BCUT2D eigenvalue weighted by atomic mass is 16.7. The summed E-state index contributed by atoms with van der Waals surface area (Å²) in [6.07, 6.45) is 1.12. The normalized spacial score (nSPS) is 20.8. The summed E-state index contributed by atoms with van der Waals surface area (Å²) in [5.41, 5.74) is 2.36. The predicted octanol–water partition coefficient (Wildman–Crippen LogP) is 5.32. The number of carbonyl (C=O) groups is 2. The number of rotatable bonds is 11. The van der Waals surface area contributed by atoms with Crippen LogP contribution in [-0.4, -0.2) is 43.2 Å². The Balaban J connectivity index is 1.36. The maximum Gasteiger partial charge on any atom is 0.265 e. The van der Waals surface area contributed by atoms with Gasteiger partial charge in [0.2, 0.25) is 5.91 Å². The number of unbranched alkanes of at least 4 members (excludes halogenated alkanes) is 1. The van der Waals surface area contributed by atoms with E-state index in [9.17, 15) is 9.59 Å². The molecule has 3 aromatic rings. The standard InChI is InChI=1S/C31H34N2O6/c1-4-6-18-37-24-15-13-23(14-16-24)33-30(34)27-28(32(3)39-29(27)31(33)35)22-12-17-25(26(19-22)36-5-2)38-20-21-10-8-7-9-11-21/h7-17,19,27-29H,4-6,18,20H2,1-3H3/t27-,28+,29-/m1/s1. The van der Waals surface area contributed by atoms with Crippen LogP contribution in [0.5, 0.6) is 17.2 Å². The third kappa shape index (κ3) is 5.48. The van der Waals surface area contributed by atoms with Crippen LogP contribution in [0.15, 0.2) is 72.8 Å². The Morgan fingerprint density at radius 1 is 0.846 bits per heavy atom. The molecule has 204 valence electrons. The van der Waals surface area contributed by atoms with Gasteiger partial charge in [-0.05, 0) is 60.9 Å². The van der Waals surface area contributed by atoms with E-state index in [4.69, 9.17) is 19.0 Å². The first kappa shape index (κ1) is 26.7. The number of nitrogens with zero attached hydrogens (tertiary/aromatic N) is 2. The van der Waals surface area contributed by atoms with Gasteiger partial charge in [-0.15, -0.1) is 0 Å². The van der Waals surface area contributed by atoms with Crippen LogP contribution in [0, 0.1) is 5.92 Å². The molecular weight excluding hydrogens is 496 g/mol. The topological polar surface area (TPSA) is 77.5 Å². The minimum Gasteiger partial charge on any atom is -0.494 e. The number of amides is 2. The van der Waals surface area contributed by atoms with Crippen molar-refractivity contribution in [2.24, 2.45) is 5.92 Å². The van der Waals surface area contributed by atoms with Crippen LogP contribution in [0.3, 0.4) is 0 Å². The van der Waals surface area contributed by atoms with Gasteiger partial charge in [0.05, 0.1) is 30.9 Å². The monoisotopic (exact) mass is 530 g/mol. The molecule has 8 nitrogen and oxygen atoms in total. The molecule has 0 aliphatic carbocycles. The molecule has 2 aliphatic rings. The predicted molar refractivity (Wildman–Crippen MR) is 147 cm³/mol. The number of hydrogen-bond donors (Lipinski definition) is 0. The van der Waals surface area contributed by atoms with Crippen LogP contribution in [0.25, 0.3) is 0 Å². The van der Waals surface area contributed by atoms with E-state index in [-0.39, 0.29) is 11.8 Å². The molecule has 5 rings (SSSR count). The summed E-state index contributed by atoms with van der Waals surface area (Å²) in [5.74, 6) is 0.550. The van der Waals surface area contributed by atoms with Gasteiger partial charge in [-0.25, -0.2) is 4.90 Å². The van der Waals surface area contributed by atoms with Crippen molar-refractivity contribution in [3.8, 4) is 17.2 Å². The van der Waals surface area contributed by atoms with Crippen LogP contribution >= 0.6 is 0 Å². The maximum absolute atomic E-state index is 13.7. The number of imide groups is 1. The molecule has 39 heavy (non-hydrogen) atoms. The number of benzene rings is 3. The lowest BCUT2D eigenvalue weighted by molar-refractivity contribution is -0.160. The average molecular weight is 531 g/mol. The first-order chi connectivity index (χ1) is 19.0. The molecule has 8 heteroatoms. The molecule has 2 amide bonds. The smallest absolute Gasteiger partial charge is 0.265 e. The summed E-state index contributed by atoms with van der Waals surface area (Å²) in [5, 5.41) is 1.60. The van der Waals surface area contributed by atoms with E-state index in [1.54, 1.807) is 36.4 Å². The van der Waals surface area contributed by atoms with E-state index in [1.165, 1.54) is 4.90 Å². The van der Waals surface area contributed by atoms with Gasteiger partial charge in [0.15, 0.2) is 17.6 Å².